The summed E-state index contributed by atoms with van der Waals surface area (Å²) in [5.41, 5.74) is 1.04. The second-order valence-corrected chi connectivity index (χ2v) is 4.68. The van der Waals surface area contributed by atoms with Gasteiger partial charge in [-0.2, -0.15) is 0 Å². The lowest BCUT2D eigenvalue weighted by molar-refractivity contribution is -0.120. The zero-order valence-corrected chi connectivity index (χ0v) is 11.2. The highest BCUT2D eigenvalue weighted by Gasteiger charge is 2.04. The number of halogens is 1. The van der Waals surface area contributed by atoms with E-state index in [2.05, 4.69) is 28.2 Å². The van der Waals surface area contributed by atoms with Gasteiger partial charge in [-0.3, -0.25) is 4.79 Å². The largest absolute Gasteiger partial charge is 0.356 e. The van der Waals surface area contributed by atoms with E-state index in [4.69, 9.17) is 0 Å². The van der Waals surface area contributed by atoms with Gasteiger partial charge in [-0.1, -0.05) is 53.9 Å². The molecule has 1 amide bonds. The van der Waals surface area contributed by atoms with Crippen molar-refractivity contribution in [3.8, 4) is 0 Å². The SMILES string of the molecule is CCCCCNC(=O)Cc1ccccc1Br. The molecule has 0 aliphatic heterocycles. The van der Waals surface area contributed by atoms with Gasteiger partial charge in [0, 0.05) is 11.0 Å². The molecule has 0 fully saturated rings. The van der Waals surface area contributed by atoms with Gasteiger partial charge in [0.05, 0.1) is 6.42 Å². The van der Waals surface area contributed by atoms with Crippen molar-refractivity contribution in [2.45, 2.75) is 32.6 Å². The van der Waals surface area contributed by atoms with Gasteiger partial charge in [0.25, 0.3) is 0 Å². The average Bonchev–Trinajstić information content (AvgIpc) is 2.28. The van der Waals surface area contributed by atoms with Gasteiger partial charge < -0.3 is 5.32 Å². The van der Waals surface area contributed by atoms with Crippen molar-refractivity contribution in [2.75, 3.05) is 6.54 Å². The summed E-state index contributed by atoms with van der Waals surface area (Å²) in [5.74, 6) is 0.100. The average molecular weight is 284 g/mol. The molecule has 0 saturated heterocycles. The number of amides is 1. The summed E-state index contributed by atoms with van der Waals surface area (Å²) in [4.78, 5) is 11.6. The monoisotopic (exact) mass is 283 g/mol. The zero-order valence-electron chi connectivity index (χ0n) is 9.63. The maximum absolute atomic E-state index is 11.6. The maximum Gasteiger partial charge on any atom is 0.224 e. The van der Waals surface area contributed by atoms with Gasteiger partial charge in [0.2, 0.25) is 5.91 Å². The highest BCUT2D eigenvalue weighted by Crippen LogP contribution is 2.16. The molecule has 0 radical (unpaired) electrons. The number of unbranched alkanes of at least 4 members (excludes halogenated alkanes) is 2. The van der Waals surface area contributed by atoms with E-state index in [1.54, 1.807) is 0 Å². The van der Waals surface area contributed by atoms with Crippen molar-refractivity contribution in [3.05, 3.63) is 34.3 Å². The number of benzene rings is 1. The molecule has 0 aliphatic carbocycles. The number of nitrogens with one attached hydrogen (secondary N) is 1. The molecule has 1 aromatic carbocycles. The predicted octanol–water partition coefficient (Wildman–Crippen LogP) is 3.30. The number of hydrogen-bond donors (Lipinski definition) is 1. The molecule has 0 heterocycles. The Hall–Kier alpha value is -0.830. The molecule has 0 aromatic heterocycles. The Kier molecular flexibility index (Phi) is 6.16. The van der Waals surface area contributed by atoms with E-state index in [1.807, 2.05) is 24.3 Å². The van der Waals surface area contributed by atoms with Gasteiger partial charge >= 0.3 is 0 Å². The van der Waals surface area contributed by atoms with E-state index < -0.39 is 0 Å². The molecule has 88 valence electrons. The quantitative estimate of drug-likeness (QED) is 0.798. The molecule has 0 spiro atoms. The standard InChI is InChI=1S/C13H18BrNO/c1-2-3-6-9-15-13(16)10-11-7-4-5-8-12(11)14/h4-5,7-8H,2-3,6,9-10H2,1H3,(H,15,16). The molecule has 3 heteroatoms. The van der Waals surface area contributed by atoms with E-state index in [1.165, 1.54) is 12.8 Å². The van der Waals surface area contributed by atoms with Crippen molar-refractivity contribution >= 4 is 21.8 Å². The first-order chi connectivity index (χ1) is 7.74. The van der Waals surface area contributed by atoms with Crippen molar-refractivity contribution in [3.63, 3.8) is 0 Å². The maximum atomic E-state index is 11.6. The van der Waals surface area contributed by atoms with Gasteiger partial charge in [0.1, 0.15) is 0 Å². The Morgan fingerprint density at radius 1 is 1.31 bits per heavy atom. The van der Waals surface area contributed by atoms with E-state index >= 15 is 0 Å². The first-order valence-corrected chi connectivity index (χ1v) is 6.53. The lowest BCUT2D eigenvalue weighted by Gasteiger charge is -2.06. The van der Waals surface area contributed by atoms with Crippen LogP contribution >= 0.6 is 15.9 Å². The Bertz CT molecular complexity index is 338. The third kappa shape index (κ3) is 4.79. The third-order valence-corrected chi connectivity index (χ3v) is 3.18. The Balaban J connectivity index is 2.32. The third-order valence-electron chi connectivity index (χ3n) is 2.41. The molecule has 1 rings (SSSR count). The van der Waals surface area contributed by atoms with Crippen LogP contribution in [0.5, 0.6) is 0 Å². The van der Waals surface area contributed by atoms with Crippen molar-refractivity contribution < 1.29 is 4.79 Å². The zero-order chi connectivity index (χ0) is 11.8. The summed E-state index contributed by atoms with van der Waals surface area (Å²) in [5, 5.41) is 2.93. The second-order valence-electron chi connectivity index (χ2n) is 3.83. The van der Waals surface area contributed by atoms with Crippen LogP contribution in [0.1, 0.15) is 31.7 Å². The molecule has 16 heavy (non-hydrogen) atoms. The summed E-state index contributed by atoms with van der Waals surface area (Å²) in [6, 6.07) is 7.83. The van der Waals surface area contributed by atoms with E-state index in [0.717, 1.165) is 23.0 Å². The summed E-state index contributed by atoms with van der Waals surface area (Å²) < 4.78 is 0.999. The van der Waals surface area contributed by atoms with Crippen molar-refractivity contribution in [2.24, 2.45) is 0 Å². The highest BCUT2D eigenvalue weighted by molar-refractivity contribution is 9.10. The van der Waals surface area contributed by atoms with Gasteiger partial charge in [-0.15, -0.1) is 0 Å². The first kappa shape index (κ1) is 13.2. The number of carbonyl (C=O) groups is 1. The predicted molar refractivity (Wildman–Crippen MR) is 70.4 cm³/mol. The fraction of sp³-hybridized carbons (Fsp3) is 0.462. The van der Waals surface area contributed by atoms with Crippen LogP contribution in [0, 0.1) is 0 Å². The lowest BCUT2D eigenvalue weighted by Crippen LogP contribution is -2.26. The molecule has 0 unspecified atom stereocenters. The van der Waals surface area contributed by atoms with Crippen LogP contribution in [0.15, 0.2) is 28.7 Å². The molecule has 0 aliphatic rings. The molecule has 1 N–H and O–H groups in total. The van der Waals surface area contributed by atoms with Gasteiger partial charge in [-0.25, -0.2) is 0 Å². The molecule has 0 atom stereocenters. The smallest absolute Gasteiger partial charge is 0.224 e. The first-order valence-electron chi connectivity index (χ1n) is 5.74. The fourth-order valence-corrected chi connectivity index (χ4v) is 1.91. The minimum Gasteiger partial charge on any atom is -0.356 e. The van der Waals surface area contributed by atoms with Crippen LogP contribution in [0.3, 0.4) is 0 Å². The van der Waals surface area contributed by atoms with Crippen molar-refractivity contribution in [1.29, 1.82) is 0 Å². The van der Waals surface area contributed by atoms with Crippen LogP contribution in [0.25, 0.3) is 0 Å². The minimum absolute atomic E-state index is 0.100. The Morgan fingerprint density at radius 2 is 2.06 bits per heavy atom. The van der Waals surface area contributed by atoms with Crippen LogP contribution in [-0.4, -0.2) is 12.5 Å². The van der Waals surface area contributed by atoms with E-state index in [9.17, 15) is 4.79 Å². The Labute approximate surface area is 106 Å². The minimum atomic E-state index is 0.100. The molecule has 2 nitrogen and oxygen atoms in total. The summed E-state index contributed by atoms with van der Waals surface area (Å²) in [6.07, 6.45) is 3.88. The lowest BCUT2D eigenvalue weighted by atomic mass is 10.1. The van der Waals surface area contributed by atoms with Gasteiger partial charge in [-0.05, 0) is 18.1 Å². The summed E-state index contributed by atoms with van der Waals surface area (Å²) >= 11 is 3.44. The van der Waals surface area contributed by atoms with Crippen LogP contribution < -0.4 is 5.32 Å². The van der Waals surface area contributed by atoms with Crippen LogP contribution in [0.2, 0.25) is 0 Å². The highest BCUT2D eigenvalue weighted by atomic mass is 79.9. The number of rotatable bonds is 6. The van der Waals surface area contributed by atoms with Crippen LogP contribution in [-0.2, 0) is 11.2 Å². The number of hydrogen-bond acceptors (Lipinski definition) is 1. The van der Waals surface area contributed by atoms with Crippen molar-refractivity contribution in [1.82, 2.24) is 5.32 Å². The molecule has 0 saturated carbocycles. The summed E-state index contributed by atoms with van der Waals surface area (Å²) in [7, 11) is 0. The molecular weight excluding hydrogens is 266 g/mol. The van der Waals surface area contributed by atoms with E-state index in [0.29, 0.717) is 6.42 Å². The van der Waals surface area contributed by atoms with E-state index in [-0.39, 0.29) is 5.91 Å². The van der Waals surface area contributed by atoms with Gasteiger partial charge in [0.15, 0.2) is 0 Å². The molecule has 0 bridgehead atoms. The Morgan fingerprint density at radius 3 is 2.75 bits per heavy atom. The number of carbonyl (C=O) groups excluding carboxylic acids is 1. The molecule has 1 aromatic rings. The second kappa shape index (κ2) is 7.44. The summed E-state index contributed by atoms with van der Waals surface area (Å²) in [6.45, 7) is 2.94. The normalized spacial score (nSPS) is 10.1. The van der Waals surface area contributed by atoms with Crippen LogP contribution in [0.4, 0.5) is 0 Å². The molecular formula is C13H18BrNO. The fourth-order valence-electron chi connectivity index (χ4n) is 1.48. The topological polar surface area (TPSA) is 29.1 Å².